The molecule has 9 heteroatoms. The number of benzene rings is 2. The molecule has 1 aliphatic rings. The average molecular weight is 418 g/mol. The van der Waals surface area contributed by atoms with Crippen molar-refractivity contribution in [3.63, 3.8) is 0 Å². The molecule has 2 aromatic carbocycles. The van der Waals surface area contributed by atoms with E-state index >= 15 is 0 Å². The molecule has 1 fully saturated rings. The second kappa shape index (κ2) is 7.40. The highest BCUT2D eigenvalue weighted by Gasteiger charge is 2.37. The fourth-order valence-corrected chi connectivity index (χ4v) is 4.04. The number of pyridine rings is 1. The number of sulfone groups is 1. The Morgan fingerprint density at radius 2 is 1.72 bits per heavy atom. The van der Waals surface area contributed by atoms with Gasteiger partial charge in [-0.15, -0.1) is 0 Å². The summed E-state index contributed by atoms with van der Waals surface area (Å²) in [4.78, 5) is 17.7. The number of hydrogen-bond acceptors (Lipinski definition) is 5. The van der Waals surface area contributed by atoms with E-state index in [-0.39, 0.29) is 24.8 Å². The standard InChI is InChI=1S/C20H16F2N2O4S/c21-20(22)29(26,27)17-8-4-2-6-15(17)19(25)24-11-14(12-24)28-18-10-9-13-5-1-3-7-16(13)23-18/h1-10,14,20H,11-12H2. The Hall–Kier alpha value is -3.07. The molecular formula is C20H16F2N2O4S. The highest BCUT2D eigenvalue weighted by molar-refractivity contribution is 7.91. The summed E-state index contributed by atoms with van der Waals surface area (Å²) >= 11 is 0. The molecular weight excluding hydrogens is 402 g/mol. The molecule has 0 N–H and O–H groups in total. The fourth-order valence-electron chi connectivity index (χ4n) is 3.12. The number of carbonyl (C=O) groups excluding carboxylic acids is 1. The van der Waals surface area contributed by atoms with Crippen LogP contribution in [-0.4, -0.2) is 49.2 Å². The minimum Gasteiger partial charge on any atom is -0.471 e. The van der Waals surface area contributed by atoms with Gasteiger partial charge in [0.05, 0.1) is 29.1 Å². The van der Waals surface area contributed by atoms with Crippen molar-refractivity contribution in [1.82, 2.24) is 9.88 Å². The average Bonchev–Trinajstić information content (AvgIpc) is 2.69. The number of likely N-dealkylation sites (tertiary alicyclic amines) is 1. The van der Waals surface area contributed by atoms with Crippen LogP contribution in [0.3, 0.4) is 0 Å². The summed E-state index contributed by atoms with van der Waals surface area (Å²) in [5.74, 6) is -3.81. The van der Waals surface area contributed by atoms with E-state index in [1.807, 2.05) is 30.3 Å². The van der Waals surface area contributed by atoms with Crippen LogP contribution < -0.4 is 4.74 Å². The summed E-state index contributed by atoms with van der Waals surface area (Å²) in [7, 11) is -4.88. The van der Waals surface area contributed by atoms with Crippen LogP contribution in [0.15, 0.2) is 65.6 Å². The molecule has 1 saturated heterocycles. The van der Waals surface area contributed by atoms with Gasteiger partial charge in [-0.1, -0.05) is 30.3 Å². The number of amides is 1. The van der Waals surface area contributed by atoms with Gasteiger partial charge in [0.2, 0.25) is 15.7 Å². The largest absolute Gasteiger partial charge is 0.471 e. The number of fused-ring (bicyclic) bond motifs is 1. The van der Waals surface area contributed by atoms with E-state index in [0.717, 1.165) is 17.0 Å². The van der Waals surface area contributed by atoms with Crippen molar-refractivity contribution in [2.24, 2.45) is 0 Å². The predicted octanol–water partition coefficient (Wildman–Crippen LogP) is 3.13. The molecule has 0 spiro atoms. The summed E-state index contributed by atoms with van der Waals surface area (Å²) < 4.78 is 55.3. The van der Waals surface area contributed by atoms with Crippen LogP contribution in [0.4, 0.5) is 8.78 Å². The van der Waals surface area contributed by atoms with Crippen molar-refractivity contribution in [3.05, 3.63) is 66.2 Å². The minimum atomic E-state index is -4.88. The zero-order valence-electron chi connectivity index (χ0n) is 15.0. The molecule has 0 unspecified atom stereocenters. The Bertz CT molecular complexity index is 1180. The number of hydrogen-bond donors (Lipinski definition) is 0. The van der Waals surface area contributed by atoms with Crippen LogP contribution in [0.2, 0.25) is 0 Å². The maximum Gasteiger partial charge on any atom is 0.341 e. The Labute approximate surface area is 165 Å². The van der Waals surface area contributed by atoms with Crippen LogP contribution >= 0.6 is 0 Å². The summed E-state index contributed by atoms with van der Waals surface area (Å²) in [6, 6.07) is 16.2. The molecule has 3 aromatic rings. The third kappa shape index (κ3) is 3.65. The van der Waals surface area contributed by atoms with Crippen LogP contribution in [-0.2, 0) is 9.84 Å². The number of nitrogens with zero attached hydrogens (tertiary/aromatic N) is 2. The lowest BCUT2D eigenvalue weighted by molar-refractivity contribution is 0.0158. The van der Waals surface area contributed by atoms with Crippen molar-refractivity contribution < 1.29 is 26.7 Å². The molecule has 0 radical (unpaired) electrons. The normalized spacial score (nSPS) is 14.8. The molecule has 0 bridgehead atoms. The number of ether oxygens (including phenoxy) is 1. The van der Waals surface area contributed by atoms with Gasteiger partial charge < -0.3 is 9.64 Å². The molecule has 1 amide bonds. The van der Waals surface area contributed by atoms with Gasteiger partial charge in [-0.3, -0.25) is 4.79 Å². The van der Waals surface area contributed by atoms with Crippen LogP contribution in [0.25, 0.3) is 10.9 Å². The predicted molar refractivity (Wildman–Crippen MR) is 102 cm³/mol. The molecule has 1 aromatic heterocycles. The first-order chi connectivity index (χ1) is 13.9. The first-order valence-electron chi connectivity index (χ1n) is 8.79. The molecule has 6 nitrogen and oxygen atoms in total. The van der Waals surface area contributed by atoms with Crippen molar-refractivity contribution in [3.8, 4) is 5.88 Å². The molecule has 150 valence electrons. The van der Waals surface area contributed by atoms with Crippen LogP contribution in [0, 0.1) is 0 Å². The van der Waals surface area contributed by atoms with Gasteiger partial charge in [0.25, 0.3) is 5.91 Å². The van der Waals surface area contributed by atoms with E-state index in [9.17, 15) is 22.0 Å². The van der Waals surface area contributed by atoms with Crippen LogP contribution in [0.1, 0.15) is 10.4 Å². The lowest BCUT2D eigenvalue weighted by atomic mass is 10.1. The number of halogens is 2. The van der Waals surface area contributed by atoms with Crippen molar-refractivity contribution >= 4 is 26.6 Å². The van der Waals surface area contributed by atoms with E-state index in [1.54, 1.807) is 6.07 Å². The van der Waals surface area contributed by atoms with E-state index < -0.39 is 26.4 Å². The van der Waals surface area contributed by atoms with Gasteiger partial charge >= 0.3 is 5.76 Å². The zero-order chi connectivity index (χ0) is 20.6. The summed E-state index contributed by atoms with van der Waals surface area (Å²) in [6.45, 7) is 0.410. The Morgan fingerprint density at radius 1 is 1.03 bits per heavy atom. The third-order valence-electron chi connectivity index (χ3n) is 4.65. The Kier molecular flexibility index (Phi) is 4.91. The summed E-state index contributed by atoms with van der Waals surface area (Å²) in [6.07, 6.45) is -0.313. The van der Waals surface area contributed by atoms with Gasteiger partial charge in [0, 0.05) is 11.5 Å². The molecule has 0 saturated carbocycles. The Morgan fingerprint density at radius 3 is 2.48 bits per heavy atom. The third-order valence-corrected chi connectivity index (χ3v) is 6.09. The molecule has 0 atom stereocenters. The zero-order valence-corrected chi connectivity index (χ0v) is 15.9. The monoisotopic (exact) mass is 418 g/mol. The maximum absolute atomic E-state index is 12.9. The van der Waals surface area contributed by atoms with Crippen LogP contribution in [0.5, 0.6) is 5.88 Å². The highest BCUT2D eigenvalue weighted by Crippen LogP contribution is 2.26. The summed E-state index contributed by atoms with van der Waals surface area (Å²) in [5, 5.41) is 0.974. The number of para-hydroxylation sites is 1. The molecule has 29 heavy (non-hydrogen) atoms. The first-order valence-corrected chi connectivity index (χ1v) is 10.3. The van der Waals surface area contributed by atoms with E-state index in [1.165, 1.54) is 23.1 Å². The van der Waals surface area contributed by atoms with Gasteiger partial charge in [-0.05, 0) is 24.3 Å². The van der Waals surface area contributed by atoms with Gasteiger partial charge in [-0.2, -0.15) is 8.78 Å². The molecule has 1 aliphatic heterocycles. The highest BCUT2D eigenvalue weighted by atomic mass is 32.2. The fraction of sp³-hybridized carbons (Fsp3) is 0.200. The first kappa shape index (κ1) is 19.3. The van der Waals surface area contributed by atoms with E-state index in [4.69, 9.17) is 4.74 Å². The second-order valence-corrected chi connectivity index (χ2v) is 8.48. The number of carbonyl (C=O) groups is 1. The number of rotatable bonds is 5. The molecule has 0 aliphatic carbocycles. The van der Waals surface area contributed by atoms with Gasteiger partial charge in [0.1, 0.15) is 6.10 Å². The summed E-state index contributed by atoms with van der Waals surface area (Å²) in [5.41, 5.74) is 0.512. The lowest BCUT2D eigenvalue weighted by Gasteiger charge is -2.38. The number of aromatic nitrogens is 1. The van der Waals surface area contributed by atoms with Crippen molar-refractivity contribution in [1.29, 1.82) is 0 Å². The SMILES string of the molecule is O=C(c1ccccc1S(=O)(=O)C(F)F)N1CC(Oc2ccc3ccccc3n2)C1. The van der Waals surface area contributed by atoms with Crippen molar-refractivity contribution in [2.75, 3.05) is 13.1 Å². The molecule has 2 heterocycles. The number of alkyl halides is 2. The van der Waals surface area contributed by atoms with Gasteiger partial charge in [0.15, 0.2) is 0 Å². The van der Waals surface area contributed by atoms with Gasteiger partial charge in [-0.25, -0.2) is 13.4 Å². The topological polar surface area (TPSA) is 76.6 Å². The van der Waals surface area contributed by atoms with E-state index in [0.29, 0.717) is 5.88 Å². The maximum atomic E-state index is 12.9. The van der Waals surface area contributed by atoms with Crippen molar-refractivity contribution in [2.45, 2.75) is 16.8 Å². The second-order valence-electron chi connectivity index (χ2n) is 6.59. The smallest absolute Gasteiger partial charge is 0.341 e. The lowest BCUT2D eigenvalue weighted by Crippen LogP contribution is -2.56. The molecule has 4 rings (SSSR count). The van der Waals surface area contributed by atoms with E-state index in [2.05, 4.69) is 4.98 Å². The Balaban J connectivity index is 1.46. The quantitative estimate of drug-likeness (QED) is 0.636. The minimum absolute atomic E-state index is 0.205.